The number of thioether (sulfide) groups is 1. The second-order valence-electron chi connectivity index (χ2n) is 4.70. The number of nitrogens with two attached hydrogens (primary N) is 1. The number of rotatable bonds is 4. The lowest BCUT2D eigenvalue weighted by Crippen LogP contribution is -2.47. The molecule has 0 aliphatic carbocycles. The van der Waals surface area contributed by atoms with Crippen LogP contribution in [0.4, 0.5) is 0 Å². The Kier molecular flexibility index (Phi) is 5.28. The van der Waals surface area contributed by atoms with E-state index in [0.29, 0.717) is 6.04 Å². The average Bonchev–Trinajstić information content (AvgIpc) is 2.14. The second-order valence-corrected chi connectivity index (χ2v) is 6.24. The van der Waals surface area contributed by atoms with Crippen LogP contribution in [0, 0.1) is 5.92 Å². The number of hydrogen-bond donors (Lipinski definition) is 1. The molecule has 0 bridgehead atoms. The molecule has 0 amide bonds. The van der Waals surface area contributed by atoms with Crippen LogP contribution in [-0.2, 0) is 0 Å². The molecular formula is C11H24N2S. The zero-order chi connectivity index (χ0) is 10.6. The summed E-state index contributed by atoms with van der Waals surface area (Å²) >= 11 is 2.09. The molecule has 0 radical (unpaired) electrons. The third kappa shape index (κ3) is 3.79. The highest BCUT2D eigenvalue weighted by Crippen LogP contribution is 2.21. The van der Waals surface area contributed by atoms with Gasteiger partial charge in [-0.05, 0) is 12.3 Å². The minimum absolute atomic E-state index is 0.610. The molecule has 2 unspecified atom stereocenters. The smallest absolute Gasteiger partial charge is 0.0221 e. The molecule has 1 fully saturated rings. The van der Waals surface area contributed by atoms with Crippen LogP contribution in [0.5, 0.6) is 0 Å². The lowest BCUT2D eigenvalue weighted by molar-refractivity contribution is 0.185. The first-order valence-electron chi connectivity index (χ1n) is 5.69. The third-order valence-corrected chi connectivity index (χ3v) is 3.94. The summed E-state index contributed by atoms with van der Waals surface area (Å²) < 4.78 is 0. The Labute approximate surface area is 92.6 Å². The maximum atomic E-state index is 5.85. The topological polar surface area (TPSA) is 29.3 Å². The Bertz CT molecular complexity index is 159. The number of nitrogens with zero attached hydrogens (tertiary/aromatic N) is 1. The van der Waals surface area contributed by atoms with Crippen LogP contribution < -0.4 is 5.73 Å². The minimum Gasteiger partial charge on any atom is -0.329 e. The maximum Gasteiger partial charge on any atom is 0.0221 e. The predicted octanol–water partition coefficient (Wildman–Crippen LogP) is 1.80. The van der Waals surface area contributed by atoms with Crippen molar-refractivity contribution in [2.75, 3.05) is 25.4 Å². The first-order chi connectivity index (χ1) is 6.63. The monoisotopic (exact) mass is 216 g/mol. The van der Waals surface area contributed by atoms with Gasteiger partial charge in [0.05, 0.1) is 0 Å². The Morgan fingerprint density at radius 3 is 2.71 bits per heavy atom. The fourth-order valence-corrected chi connectivity index (χ4v) is 3.15. The van der Waals surface area contributed by atoms with Crippen LogP contribution in [0.15, 0.2) is 0 Å². The van der Waals surface area contributed by atoms with Crippen LogP contribution in [0.3, 0.4) is 0 Å². The van der Waals surface area contributed by atoms with Gasteiger partial charge in [-0.25, -0.2) is 0 Å². The van der Waals surface area contributed by atoms with Gasteiger partial charge in [-0.15, -0.1) is 0 Å². The van der Waals surface area contributed by atoms with Gasteiger partial charge in [-0.2, -0.15) is 11.8 Å². The van der Waals surface area contributed by atoms with E-state index in [-0.39, 0.29) is 0 Å². The molecular weight excluding hydrogens is 192 g/mol. The Morgan fingerprint density at radius 2 is 2.21 bits per heavy atom. The van der Waals surface area contributed by atoms with Gasteiger partial charge in [0.25, 0.3) is 0 Å². The molecule has 2 N–H and O–H groups in total. The van der Waals surface area contributed by atoms with E-state index in [0.717, 1.165) is 17.7 Å². The van der Waals surface area contributed by atoms with E-state index in [1.807, 2.05) is 0 Å². The van der Waals surface area contributed by atoms with E-state index in [2.05, 4.69) is 37.4 Å². The lowest BCUT2D eigenvalue weighted by Gasteiger charge is -2.37. The van der Waals surface area contributed by atoms with E-state index >= 15 is 0 Å². The van der Waals surface area contributed by atoms with Crippen LogP contribution in [0.2, 0.25) is 0 Å². The van der Waals surface area contributed by atoms with Gasteiger partial charge < -0.3 is 5.73 Å². The highest BCUT2D eigenvalue weighted by molar-refractivity contribution is 7.99. The van der Waals surface area contributed by atoms with Crippen molar-refractivity contribution < 1.29 is 0 Å². The van der Waals surface area contributed by atoms with Gasteiger partial charge in [0, 0.05) is 36.7 Å². The normalized spacial score (nSPS) is 26.8. The van der Waals surface area contributed by atoms with Gasteiger partial charge in [-0.3, -0.25) is 4.90 Å². The molecule has 14 heavy (non-hydrogen) atoms. The summed E-state index contributed by atoms with van der Waals surface area (Å²) in [5, 5.41) is 0.782. The first-order valence-corrected chi connectivity index (χ1v) is 6.74. The van der Waals surface area contributed by atoms with Crippen molar-refractivity contribution in [2.45, 2.75) is 38.5 Å². The second kappa shape index (κ2) is 5.99. The largest absolute Gasteiger partial charge is 0.329 e. The third-order valence-electron chi connectivity index (χ3n) is 2.80. The van der Waals surface area contributed by atoms with Crippen LogP contribution in [0.25, 0.3) is 0 Å². The van der Waals surface area contributed by atoms with Crippen molar-refractivity contribution in [3.05, 3.63) is 0 Å². The van der Waals surface area contributed by atoms with Crippen molar-refractivity contribution in [3.63, 3.8) is 0 Å². The Morgan fingerprint density at radius 1 is 1.50 bits per heavy atom. The summed E-state index contributed by atoms with van der Waals surface area (Å²) in [6.45, 7) is 10.1. The molecule has 0 aromatic carbocycles. The van der Waals surface area contributed by atoms with E-state index in [4.69, 9.17) is 5.73 Å². The highest BCUT2D eigenvalue weighted by Gasteiger charge is 2.23. The molecule has 3 heteroatoms. The molecule has 0 aromatic rings. The van der Waals surface area contributed by atoms with Crippen molar-refractivity contribution in [1.82, 2.24) is 4.90 Å². The molecule has 0 saturated carbocycles. The quantitative estimate of drug-likeness (QED) is 0.777. The summed E-state index contributed by atoms with van der Waals surface area (Å²) in [6.07, 6.45) is 1.24. The zero-order valence-electron chi connectivity index (χ0n) is 9.70. The number of hydrogen-bond acceptors (Lipinski definition) is 3. The first kappa shape index (κ1) is 12.3. The molecule has 1 aliphatic heterocycles. The van der Waals surface area contributed by atoms with E-state index < -0.39 is 0 Å². The van der Waals surface area contributed by atoms with Gasteiger partial charge in [0.2, 0.25) is 0 Å². The standard InChI is InChI=1S/C11H24N2S/c1-9(2)6-11(7-12)13-4-5-14-10(3)8-13/h9-11H,4-8,12H2,1-3H3. The summed E-state index contributed by atoms with van der Waals surface area (Å²) in [5.41, 5.74) is 5.85. The summed E-state index contributed by atoms with van der Waals surface area (Å²) in [4.78, 5) is 2.58. The summed E-state index contributed by atoms with van der Waals surface area (Å²) in [6, 6.07) is 0.610. The van der Waals surface area contributed by atoms with Gasteiger partial charge >= 0.3 is 0 Å². The molecule has 84 valence electrons. The summed E-state index contributed by atoms with van der Waals surface area (Å²) in [5.74, 6) is 2.03. The minimum atomic E-state index is 0.610. The van der Waals surface area contributed by atoms with E-state index in [9.17, 15) is 0 Å². The van der Waals surface area contributed by atoms with Crippen LogP contribution in [0.1, 0.15) is 27.2 Å². The fourth-order valence-electron chi connectivity index (χ4n) is 2.12. The molecule has 1 rings (SSSR count). The molecule has 0 spiro atoms. The van der Waals surface area contributed by atoms with Crippen molar-refractivity contribution in [2.24, 2.45) is 11.7 Å². The van der Waals surface area contributed by atoms with Crippen LogP contribution >= 0.6 is 11.8 Å². The van der Waals surface area contributed by atoms with E-state index in [1.54, 1.807) is 0 Å². The SMILES string of the molecule is CC(C)CC(CN)N1CCSC(C)C1. The van der Waals surface area contributed by atoms with Crippen molar-refractivity contribution >= 4 is 11.8 Å². The average molecular weight is 216 g/mol. The zero-order valence-corrected chi connectivity index (χ0v) is 10.5. The molecule has 1 aliphatic rings. The van der Waals surface area contributed by atoms with Gasteiger partial charge in [-0.1, -0.05) is 20.8 Å². The van der Waals surface area contributed by atoms with Gasteiger partial charge in [0.15, 0.2) is 0 Å². The van der Waals surface area contributed by atoms with Crippen molar-refractivity contribution in [3.8, 4) is 0 Å². The van der Waals surface area contributed by atoms with Crippen molar-refractivity contribution in [1.29, 1.82) is 0 Å². The fraction of sp³-hybridized carbons (Fsp3) is 1.00. The molecule has 2 nitrogen and oxygen atoms in total. The molecule has 0 aromatic heterocycles. The molecule has 2 atom stereocenters. The Balaban J connectivity index is 2.42. The Hall–Kier alpha value is 0.270. The molecule has 1 saturated heterocycles. The van der Waals surface area contributed by atoms with Crippen LogP contribution in [-0.4, -0.2) is 41.6 Å². The summed E-state index contributed by atoms with van der Waals surface area (Å²) in [7, 11) is 0. The predicted molar refractivity (Wildman–Crippen MR) is 65.8 cm³/mol. The lowest BCUT2D eigenvalue weighted by atomic mass is 10.0. The highest BCUT2D eigenvalue weighted by atomic mass is 32.2. The maximum absolute atomic E-state index is 5.85. The van der Waals surface area contributed by atoms with E-state index in [1.165, 1.54) is 25.3 Å². The van der Waals surface area contributed by atoms with Gasteiger partial charge in [0.1, 0.15) is 0 Å². The molecule has 1 heterocycles.